The Morgan fingerprint density at radius 3 is 1.76 bits per heavy atom. The van der Waals surface area contributed by atoms with Gasteiger partial charge in [0.15, 0.2) is 5.78 Å². The number of amides is 2. The summed E-state index contributed by atoms with van der Waals surface area (Å²) < 4.78 is 0. The highest BCUT2D eigenvalue weighted by molar-refractivity contribution is 6.03. The second-order valence-corrected chi connectivity index (χ2v) is 6.40. The summed E-state index contributed by atoms with van der Waals surface area (Å²) in [4.78, 5) is 38.9. The molecular weight excluding hydrogens is 368 g/mol. The van der Waals surface area contributed by atoms with E-state index in [0.717, 1.165) is 11.4 Å². The van der Waals surface area contributed by atoms with Crippen LogP contribution in [0.2, 0.25) is 0 Å². The molecule has 0 saturated carbocycles. The Balaban J connectivity index is 1.61. The lowest BCUT2D eigenvalue weighted by atomic mass is 10.1. The van der Waals surface area contributed by atoms with Crippen molar-refractivity contribution >= 4 is 40.3 Å². The van der Waals surface area contributed by atoms with Gasteiger partial charge in [-0.2, -0.15) is 0 Å². The summed E-state index contributed by atoms with van der Waals surface area (Å²) in [5.74, 6) is -0.484. The van der Waals surface area contributed by atoms with Gasteiger partial charge in [0.05, 0.1) is 11.9 Å². The summed E-state index contributed by atoms with van der Waals surface area (Å²) >= 11 is 0. The van der Waals surface area contributed by atoms with Gasteiger partial charge in [-0.15, -0.1) is 0 Å². The van der Waals surface area contributed by atoms with Gasteiger partial charge in [-0.1, -0.05) is 0 Å². The number of aromatic nitrogens is 1. The van der Waals surface area contributed by atoms with Crippen LogP contribution >= 0.6 is 0 Å². The molecule has 2 aromatic carbocycles. The first kappa shape index (κ1) is 19.8. The van der Waals surface area contributed by atoms with Gasteiger partial charge in [-0.05, 0) is 67.6 Å². The molecule has 2 amide bonds. The fourth-order valence-corrected chi connectivity index (χ4v) is 2.59. The van der Waals surface area contributed by atoms with Gasteiger partial charge in [-0.3, -0.25) is 14.4 Å². The van der Waals surface area contributed by atoms with E-state index >= 15 is 0 Å². The van der Waals surface area contributed by atoms with Crippen LogP contribution in [0.25, 0.3) is 0 Å². The number of hydrogen-bond acceptors (Lipinski definition) is 5. The third-order valence-electron chi connectivity index (χ3n) is 4.04. The quantitative estimate of drug-likeness (QED) is 0.549. The molecule has 0 fully saturated rings. The zero-order chi connectivity index (χ0) is 20.8. The van der Waals surface area contributed by atoms with Crippen LogP contribution in [-0.2, 0) is 4.79 Å². The molecule has 0 unspecified atom stereocenters. The standard InChI is InChI=1S/C22H20N4O3/c1-14(27)16-3-5-18(6-4-16)25-20-11-12-21(23-13-20)22(29)26-19-9-7-17(8-10-19)24-15(2)28/h3-13,25H,1-2H3,(H,24,28)(H,26,29). The Labute approximate surface area is 168 Å². The SMILES string of the molecule is CC(=O)Nc1ccc(NC(=O)c2ccc(Nc3ccc(C(C)=O)cc3)cn2)cc1. The van der Waals surface area contributed by atoms with Crippen LogP contribution in [0.5, 0.6) is 0 Å². The van der Waals surface area contributed by atoms with Crippen LogP contribution in [0, 0.1) is 0 Å². The minimum atomic E-state index is -0.338. The number of carbonyl (C=O) groups is 3. The zero-order valence-electron chi connectivity index (χ0n) is 16.0. The molecule has 3 N–H and O–H groups in total. The van der Waals surface area contributed by atoms with E-state index in [1.54, 1.807) is 54.7 Å². The molecule has 0 atom stereocenters. The van der Waals surface area contributed by atoms with Gasteiger partial charge in [0, 0.05) is 29.5 Å². The molecule has 0 aliphatic rings. The molecule has 0 radical (unpaired) electrons. The first-order chi connectivity index (χ1) is 13.9. The van der Waals surface area contributed by atoms with E-state index in [0.29, 0.717) is 16.9 Å². The molecule has 7 heteroatoms. The van der Waals surface area contributed by atoms with E-state index in [4.69, 9.17) is 0 Å². The van der Waals surface area contributed by atoms with Crippen molar-refractivity contribution in [3.05, 3.63) is 78.1 Å². The molecule has 146 valence electrons. The second-order valence-electron chi connectivity index (χ2n) is 6.40. The number of hydrogen-bond donors (Lipinski definition) is 3. The van der Waals surface area contributed by atoms with E-state index in [1.165, 1.54) is 13.8 Å². The number of benzene rings is 2. The van der Waals surface area contributed by atoms with Crippen molar-refractivity contribution in [3.8, 4) is 0 Å². The van der Waals surface area contributed by atoms with E-state index in [-0.39, 0.29) is 23.3 Å². The number of nitrogens with zero attached hydrogens (tertiary/aromatic N) is 1. The van der Waals surface area contributed by atoms with E-state index < -0.39 is 0 Å². The maximum absolute atomic E-state index is 12.4. The lowest BCUT2D eigenvalue weighted by Crippen LogP contribution is -2.13. The molecule has 1 heterocycles. The molecule has 3 rings (SSSR count). The number of rotatable bonds is 6. The molecule has 0 spiro atoms. The van der Waals surface area contributed by atoms with Crippen molar-refractivity contribution in [2.45, 2.75) is 13.8 Å². The van der Waals surface area contributed by atoms with Gasteiger partial charge in [0.1, 0.15) is 5.69 Å². The van der Waals surface area contributed by atoms with Crippen molar-refractivity contribution in [1.29, 1.82) is 0 Å². The Hall–Kier alpha value is -4.00. The van der Waals surface area contributed by atoms with Crippen LogP contribution in [-0.4, -0.2) is 22.6 Å². The summed E-state index contributed by atoms with van der Waals surface area (Å²) in [6.45, 7) is 2.95. The summed E-state index contributed by atoms with van der Waals surface area (Å²) in [7, 11) is 0. The van der Waals surface area contributed by atoms with Crippen molar-refractivity contribution < 1.29 is 14.4 Å². The van der Waals surface area contributed by atoms with Crippen LogP contribution in [0.3, 0.4) is 0 Å². The fourth-order valence-electron chi connectivity index (χ4n) is 2.59. The Morgan fingerprint density at radius 2 is 1.24 bits per heavy atom. The Kier molecular flexibility index (Phi) is 5.99. The Morgan fingerprint density at radius 1 is 0.690 bits per heavy atom. The van der Waals surface area contributed by atoms with E-state index in [2.05, 4.69) is 20.9 Å². The van der Waals surface area contributed by atoms with Crippen LogP contribution in [0.1, 0.15) is 34.7 Å². The van der Waals surface area contributed by atoms with Crippen molar-refractivity contribution in [2.24, 2.45) is 0 Å². The predicted octanol–water partition coefficient (Wildman–Crippen LogP) is 4.24. The van der Waals surface area contributed by atoms with Gasteiger partial charge < -0.3 is 16.0 Å². The summed E-state index contributed by atoms with van der Waals surface area (Å²) in [5.41, 5.74) is 3.70. The van der Waals surface area contributed by atoms with Crippen molar-refractivity contribution in [3.63, 3.8) is 0 Å². The highest BCUT2D eigenvalue weighted by Crippen LogP contribution is 2.18. The lowest BCUT2D eigenvalue weighted by Gasteiger charge is -2.09. The van der Waals surface area contributed by atoms with E-state index in [1.807, 2.05) is 12.1 Å². The molecule has 0 bridgehead atoms. The van der Waals surface area contributed by atoms with Crippen LogP contribution in [0.4, 0.5) is 22.7 Å². The molecule has 3 aromatic rings. The number of Topliss-reactive ketones (excluding diaryl/α,β-unsaturated/α-hetero) is 1. The predicted molar refractivity (Wildman–Crippen MR) is 113 cm³/mol. The third-order valence-corrected chi connectivity index (χ3v) is 4.04. The highest BCUT2D eigenvalue weighted by atomic mass is 16.2. The van der Waals surface area contributed by atoms with Crippen molar-refractivity contribution in [1.82, 2.24) is 4.98 Å². The monoisotopic (exact) mass is 388 g/mol. The number of anilines is 4. The van der Waals surface area contributed by atoms with Crippen LogP contribution in [0.15, 0.2) is 66.9 Å². The smallest absolute Gasteiger partial charge is 0.274 e. The number of carbonyl (C=O) groups excluding carboxylic acids is 3. The van der Waals surface area contributed by atoms with E-state index in [9.17, 15) is 14.4 Å². The Bertz CT molecular complexity index is 1030. The van der Waals surface area contributed by atoms with Gasteiger partial charge in [0.2, 0.25) is 5.91 Å². The topological polar surface area (TPSA) is 100 Å². The molecule has 0 saturated heterocycles. The maximum Gasteiger partial charge on any atom is 0.274 e. The number of pyridine rings is 1. The molecule has 1 aromatic heterocycles. The first-order valence-corrected chi connectivity index (χ1v) is 8.94. The van der Waals surface area contributed by atoms with Crippen LogP contribution < -0.4 is 16.0 Å². The largest absolute Gasteiger partial charge is 0.354 e. The summed E-state index contributed by atoms with van der Waals surface area (Å²) in [6.07, 6.45) is 1.56. The minimum absolute atomic E-state index is 0.0123. The fraction of sp³-hybridized carbons (Fsp3) is 0.0909. The van der Waals surface area contributed by atoms with Gasteiger partial charge >= 0.3 is 0 Å². The average Bonchev–Trinajstić information content (AvgIpc) is 2.70. The lowest BCUT2D eigenvalue weighted by molar-refractivity contribution is -0.114. The third kappa shape index (κ3) is 5.49. The molecule has 0 aliphatic carbocycles. The zero-order valence-corrected chi connectivity index (χ0v) is 16.0. The number of ketones is 1. The minimum Gasteiger partial charge on any atom is -0.354 e. The first-order valence-electron chi connectivity index (χ1n) is 8.94. The normalized spacial score (nSPS) is 10.1. The van der Waals surface area contributed by atoms with Gasteiger partial charge in [-0.25, -0.2) is 4.98 Å². The molecule has 7 nitrogen and oxygen atoms in total. The van der Waals surface area contributed by atoms with Gasteiger partial charge in [0.25, 0.3) is 5.91 Å². The highest BCUT2D eigenvalue weighted by Gasteiger charge is 2.08. The summed E-state index contributed by atoms with van der Waals surface area (Å²) in [6, 6.07) is 17.3. The molecule has 0 aliphatic heterocycles. The second kappa shape index (κ2) is 8.79. The molecular formula is C22H20N4O3. The number of nitrogens with one attached hydrogen (secondary N) is 3. The maximum atomic E-state index is 12.4. The average molecular weight is 388 g/mol. The molecule has 29 heavy (non-hydrogen) atoms. The summed E-state index contributed by atoms with van der Waals surface area (Å²) in [5, 5.41) is 8.59. The van der Waals surface area contributed by atoms with Crippen molar-refractivity contribution in [2.75, 3.05) is 16.0 Å².